The normalized spacial score (nSPS) is 11.6. The molecule has 3 aromatic rings. The molecule has 1 N–H and O–H groups in total. The van der Waals surface area contributed by atoms with Crippen LogP contribution in [-0.2, 0) is 21.9 Å². The minimum absolute atomic E-state index is 0.122. The van der Waals surface area contributed by atoms with Crippen LogP contribution >= 0.6 is 0 Å². The number of carbonyl (C=O) groups is 1. The van der Waals surface area contributed by atoms with E-state index in [0.29, 0.717) is 28.7 Å². The van der Waals surface area contributed by atoms with Crippen LogP contribution < -0.4 is 9.62 Å². The predicted molar refractivity (Wildman–Crippen MR) is 132 cm³/mol. The molecular formula is C25H32N4O3S. The molecule has 7 nitrogen and oxygen atoms in total. The highest BCUT2D eigenvalue weighted by molar-refractivity contribution is 7.93. The van der Waals surface area contributed by atoms with Crippen molar-refractivity contribution in [3.8, 4) is 0 Å². The van der Waals surface area contributed by atoms with Gasteiger partial charge < -0.3 is 5.32 Å². The largest absolute Gasteiger partial charge is 0.325 e. The van der Waals surface area contributed by atoms with E-state index in [2.05, 4.69) is 24.3 Å². The number of aryl methyl sites for hydroxylation is 4. The molecule has 0 fully saturated rings. The first-order chi connectivity index (χ1) is 15.4. The van der Waals surface area contributed by atoms with Gasteiger partial charge in [0.1, 0.15) is 11.4 Å². The Bertz CT molecular complexity index is 1280. The molecule has 0 aliphatic carbocycles. The summed E-state index contributed by atoms with van der Waals surface area (Å²) >= 11 is 0. The van der Waals surface area contributed by atoms with E-state index in [9.17, 15) is 13.2 Å². The highest BCUT2D eigenvalue weighted by atomic mass is 32.2. The smallest absolute Gasteiger partial charge is 0.268 e. The van der Waals surface area contributed by atoms with Gasteiger partial charge in [0.15, 0.2) is 0 Å². The van der Waals surface area contributed by atoms with Crippen molar-refractivity contribution in [3.05, 3.63) is 70.5 Å². The maximum absolute atomic E-state index is 13.8. The average Bonchev–Trinajstić information content (AvgIpc) is 3.00. The summed E-state index contributed by atoms with van der Waals surface area (Å²) in [6.07, 6.45) is 0. The van der Waals surface area contributed by atoms with Crippen molar-refractivity contribution in [3.63, 3.8) is 0 Å². The van der Waals surface area contributed by atoms with Crippen LogP contribution in [0.25, 0.3) is 0 Å². The number of anilines is 2. The minimum Gasteiger partial charge on any atom is -0.325 e. The summed E-state index contributed by atoms with van der Waals surface area (Å²) in [5, 5.41) is 7.10. The fourth-order valence-electron chi connectivity index (χ4n) is 3.73. The summed E-state index contributed by atoms with van der Waals surface area (Å²) in [4.78, 5) is 13.1. The van der Waals surface area contributed by atoms with Gasteiger partial charge in [-0.15, -0.1) is 0 Å². The number of rotatable bonds is 7. The summed E-state index contributed by atoms with van der Waals surface area (Å²) in [6, 6.07) is 12.9. The lowest BCUT2D eigenvalue weighted by Crippen LogP contribution is -2.38. The Morgan fingerprint density at radius 3 is 2.18 bits per heavy atom. The van der Waals surface area contributed by atoms with Gasteiger partial charge >= 0.3 is 0 Å². The summed E-state index contributed by atoms with van der Waals surface area (Å²) < 4.78 is 30.3. The lowest BCUT2D eigenvalue weighted by Gasteiger charge is -2.25. The second kappa shape index (κ2) is 9.39. The Hall–Kier alpha value is -3.13. The van der Waals surface area contributed by atoms with E-state index in [1.165, 1.54) is 4.68 Å². The first-order valence-electron chi connectivity index (χ1n) is 10.9. The van der Waals surface area contributed by atoms with Crippen molar-refractivity contribution in [2.75, 3.05) is 16.2 Å². The molecule has 0 saturated carbocycles. The molecule has 1 heterocycles. The van der Waals surface area contributed by atoms with Gasteiger partial charge in [0.05, 0.1) is 17.1 Å². The van der Waals surface area contributed by atoms with Crippen LogP contribution in [0, 0.1) is 27.7 Å². The molecule has 3 rings (SSSR count). The molecule has 1 amide bonds. The molecule has 0 atom stereocenters. The van der Waals surface area contributed by atoms with Gasteiger partial charge in [-0.1, -0.05) is 32.0 Å². The highest BCUT2D eigenvalue weighted by Gasteiger charge is 2.32. The maximum atomic E-state index is 13.8. The molecule has 0 saturated heterocycles. The Morgan fingerprint density at radius 1 is 1.03 bits per heavy atom. The Morgan fingerprint density at radius 2 is 1.67 bits per heavy atom. The molecule has 0 aliphatic rings. The van der Waals surface area contributed by atoms with Crippen molar-refractivity contribution in [1.82, 2.24) is 9.78 Å². The molecular weight excluding hydrogens is 436 g/mol. The number of nitrogens with one attached hydrogen (secondary N) is 1. The first kappa shape index (κ1) is 24.5. The Kier molecular flexibility index (Phi) is 6.97. The van der Waals surface area contributed by atoms with Crippen LogP contribution in [0.15, 0.2) is 47.4 Å². The monoisotopic (exact) mass is 468 g/mol. The lowest BCUT2D eigenvalue weighted by molar-refractivity contribution is -0.114. The standard InChI is InChI=1S/C25H32N4O3S/c1-16(2)21-9-12-23(13-10-21)29(33(31,32)25-19(5)27-28(7)20(25)6)15-24(30)26-22-11-8-17(3)18(4)14-22/h8-14,16H,15H2,1-7H3,(H,26,30). The summed E-state index contributed by atoms with van der Waals surface area (Å²) in [5.41, 5.74) is 5.22. The van der Waals surface area contributed by atoms with Crippen molar-refractivity contribution in [1.29, 1.82) is 0 Å². The number of sulfonamides is 1. The average molecular weight is 469 g/mol. The van der Waals surface area contributed by atoms with Crippen LogP contribution in [0.2, 0.25) is 0 Å². The summed E-state index contributed by atoms with van der Waals surface area (Å²) in [6.45, 7) is 11.1. The molecule has 0 spiro atoms. The number of aromatic nitrogens is 2. The van der Waals surface area contributed by atoms with Crippen molar-refractivity contribution in [2.24, 2.45) is 7.05 Å². The topological polar surface area (TPSA) is 84.3 Å². The SMILES string of the molecule is Cc1ccc(NC(=O)CN(c2ccc(C(C)C)cc2)S(=O)(=O)c2c(C)nn(C)c2C)cc1C. The van der Waals surface area contributed by atoms with Crippen LogP contribution in [0.5, 0.6) is 0 Å². The van der Waals surface area contributed by atoms with E-state index < -0.39 is 15.9 Å². The molecule has 33 heavy (non-hydrogen) atoms. The second-order valence-electron chi connectivity index (χ2n) is 8.73. The van der Waals surface area contributed by atoms with Crippen molar-refractivity contribution >= 4 is 27.3 Å². The van der Waals surface area contributed by atoms with Crippen LogP contribution in [0.4, 0.5) is 11.4 Å². The molecule has 0 aliphatic heterocycles. The summed E-state index contributed by atoms with van der Waals surface area (Å²) in [5.74, 6) is -0.117. The number of nitrogens with zero attached hydrogens (tertiary/aromatic N) is 3. The zero-order chi connectivity index (χ0) is 24.5. The number of benzene rings is 2. The number of amides is 1. The van der Waals surface area contributed by atoms with E-state index >= 15 is 0 Å². The molecule has 0 radical (unpaired) electrons. The zero-order valence-corrected chi connectivity index (χ0v) is 21.1. The van der Waals surface area contributed by atoms with E-state index in [1.54, 1.807) is 33.0 Å². The van der Waals surface area contributed by atoms with Crippen LogP contribution in [0.1, 0.15) is 47.8 Å². The molecule has 8 heteroatoms. The van der Waals surface area contributed by atoms with Crippen molar-refractivity contribution < 1.29 is 13.2 Å². The zero-order valence-electron chi connectivity index (χ0n) is 20.3. The van der Waals surface area contributed by atoms with E-state index in [0.717, 1.165) is 21.0 Å². The molecule has 0 bridgehead atoms. The molecule has 0 unspecified atom stereocenters. The quantitative estimate of drug-likeness (QED) is 0.549. The highest BCUT2D eigenvalue weighted by Crippen LogP contribution is 2.29. The Balaban J connectivity index is 2.01. The van der Waals surface area contributed by atoms with E-state index in [-0.39, 0.29) is 11.4 Å². The van der Waals surface area contributed by atoms with Gasteiger partial charge in [0.25, 0.3) is 10.0 Å². The molecule has 2 aromatic carbocycles. The van der Waals surface area contributed by atoms with E-state index in [4.69, 9.17) is 0 Å². The molecule has 1 aromatic heterocycles. The van der Waals surface area contributed by atoms with E-state index in [1.807, 2.05) is 44.2 Å². The third kappa shape index (κ3) is 5.11. The summed E-state index contributed by atoms with van der Waals surface area (Å²) in [7, 11) is -2.34. The number of hydrogen-bond donors (Lipinski definition) is 1. The van der Waals surface area contributed by atoms with Gasteiger partial charge in [-0.25, -0.2) is 8.42 Å². The third-order valence-corrected chi connectivity index (χ3v) is 7.94. The predicted octanol–water partition coefficient (Wildman–Crippen LogP) is 4.61. The maximum Gasteiger partial charge on any atom is 0.268 e. The van der Waals surface area contributed by atoms with Gasteiger partial charge in [-0.2, -0.15) is 5.10 Å². The first-order valence-corrected chi connectivity index (χ1v) is 12.4. The van der Waals surface area contributed by atoms with Crippen LogP contribution in [-0.4, -0.2) is 30.7 Å². The third-order valence-electron chi connectivity index (χ3n) is 5.92. The molecule has 176 valence electrons. The number of hydrogen-bond acceptors (Lipinski definition) is 4. The van der Waals surface area contributed by atoms with Gasteiger partial charge in [0, 0.05) is 12.7 Å². The van der Waals surface area contributed by atoms with Gasteiger partial charge in [0.2, 0.25) is 5.91 Å². The number of carbonyl (C=O) groups excluding carboxylic acids is 1. The lowest BCUT2D eigenvalue weighted by atomic mass is 10.0. The fraction of sp³-hybridized carbons (Fsp3) is 0.360. The van der Waals surface area contributed by atoms with Gasteiger partial charge in [-0.05, 0) is 74.6 Å². The Labute approximate surface area is 196 Å². The van der Waals surface area contributed by atoms with Gasteiger partial charge in [-0.3, -0.25) is 13.8 Å². The van der Waals surface area contributed by atoms with Crippen molar-refractivity contribution in [2.45, 2.75) is 52.4 Å². The second-order valence-corrected chi connectivity index (χ2v) is 10.5. The minimum atomic E-state index is -4.04. The van der Waals surface area contributed by atoms with Crippen LogP contribution in [0.3, 0.4) is 0 Å². The fourth-order valence-corrected chi connectivity index (χ4v) is 5.55.